The van der Waals surface area contributed by atoms with Crippen LogP contribution in [0.4, 0.5) is 18.9 Å². The van der Waals surface area contributed by atoms with Crippen LogP contribution in [0.5, 0.6) is 5.75 Å². The standard InChI is InChI=1S/C26H23F3N4O4/c1-17-8-10-18(11-9-17)14-30-24(35)25(36)33-31-15-19-4-2-7-22(12-19)37-16-23(34)32-21-6-3-5-20(13-21)26(27,28)29/h2-13,15H,14,16H2,1H3,(H,30,35)(H,32,34)(H,33,36)/b31-15-. The summed E-state index contributed by atoms with van der Waals surface area (Å²) in [6.45, 7) is 1.68. The summed E-state index contributed by atoms with van der Waals surface area (Å²) in [5, 5.41) is 8.57. The van der Waals surface area contributed by atoms with E-state index < -0.39 is 36.1 Å². The number of aryl methyl sites for hydroxylation is 1. The Kier molecular flexibility index (Phi) is 8.98. The van der Waals surface area contributed by atoms with Crippen molar-refractivity contribution in [2.45, 2.75) is 19.6 Å². The topological polar surface area (TPSA) is 109 Å². The molecule has 0 aliphatic heterocycles. The van der Waals surface area contributed by atoms with Gasteiger partial charge in [-0.1, -0.05) is 48.0 Å². The van der Waals surface area contributed by atoms with Crippen molar-refractivity contribution in [1.29, 1.82) is 0 Å². The number of rotatable bonds is 8. The molecule has 0 aliphatic rings. The van der Waals surface area contributed by atoms with E-state index in [4.69, 9.17) is 4.74 Å². The van der Waals surface area contributed by atoms with Crippen molar-refractivity contribution in [1.82, 2.24) is 10.7 Å². The van der Waals surface area contributed by atoms with Crippen LogP contribution in [0.1, 0.15) is 22.3 Å². The second-order valence-electron chi connectivity index (χ2n) is 7.86. The summed E-state index contributed by atoms with van der Waals surface area (Å²) >= 11 is 0. The molecule has 3 aromatic rings. The third kappa shape index (κ3) is 8.80. The molecule has 0 saturated heterocycles. The largest absolute Gasteiger partial charge is 0.484 e. The Morgan fingerprint density at radius 1 is 0.946 bits per heavy atom. The Morgan fingerprint density at radius 2 is 1.68 bits per heavy atom. The van der Waals surface area contributed by atoms with Crippen LogP contribution in [0, 0.1) is 6.92 Å². The fraction of sp³-hybridized carbons (Fsp3) is 0.154. The number of carbonyl (C=O) groups is 3. The number of hydrazone groups is 1. The van der Waals surface area contributed by atoms with Gasteiger partial charge in [-0.05, 0) is 48.4 Å². The molecule has 3 N–H and O–H groups in total. The molecule has 0 unspecified atom stereocenters. The van der Waals surface area contributed by atoms with Gasteiger partial charge in [0.2, 0.25) is 0 Å². The van der Waals surface area contributed by atoms with E-state index in [0.717, 1.165) is 23.3 Å². The molecule has 0 radical (unpaired) electrons. The molecule has 0 heterocycles. The highest BCUT2D eigenvalue weighted by Gasteiger charge is 2.30. The van der Waals surface area contributed by atoms with E-state index in [1.54, 1.807) is 18.2 Å². The maximum Gasteiger partial charge on any atom is 0.416 e. The smallest absolute Gasteiger partial charge is 0.416 e. The Hall–Kier alpha value is -4.67. The van der Waals surface area contributed by atoms with Gasteiger partial charge < -0.3 is 15.4 Å². The molecule has 0 atom stereocenters. The number of amides is 3. The molecule has 0 saturated carbocycles. The SMILES string of the molecule is Cc1ccc(CNC(=O)C(=O)N/N=C\c2cccc(OCC(=O)Nc3cccc(C(F)(F)F)c3)c2)cc1. The molecule has 0 aromatic heterocycles. The first-order valence-corrected chi connectivity index (χ1v) is 11.0. The van der Waals surface area contributed by atoms with E-state index in [-0.39, 0.29) is 18.0 Å². The fourth-order valence-corrected chi connectivity index (χ4v) is 2.99. The molecular formula is C26H23F3N4O4. The highest BCUT2D eigenvalue weighted by Crippen LogP contribution is 2.30. The first-order chi connectivity index (χ1) is 17.6. The number of hydrogen-bond donors (Lipinski definition) is 3. The number of carbonyl (C=O) groups excluding carboxylic acids is 3. The average molecular weight is 512 g/mol. The maximum absolute atomic E-state index is 12.8. The van der Waals surface area contributed by atoms with Crippen LogP contribution in [0.15, 0.2) is 77.9 Å². The van der Waals surface area contributed by atoms with E-state index in [0.29, 0.717) is 5.56 Å². The zero-order chi connectivity index (χ0) is 26.8. The summed E-state index contributed by atoms with van der Waals surface area (Å²) in [6.07, 6.45) is -3.25. The third-order valence-corrected chi connectivity index (χ3v) is 4.86. The zero-order valence-corrected chi connectivity index (χ0v) is 19.6. The number of hydrogen-bond acceptors (Lipinski definition) is 5. The Morgan fingerprint density at radius 3 is 2.41 bits per heavy atom. The Balaban J connectivity index is 1.45. The Labute approximate surface area is 210 Å². The summed E-state index contributed by atoms with van der Waals surface area (Å²) in [7, 11) is 0. The first-order valence-electron chi connectivity index (χ1n) is 11.0. The normalized spacial score (nSPS) is 11.1. The van der Waals surface area contributed by atoms with Crippen molar-refractivity contribution in [3.8, 4) is 5.75 Å². The van der Waals surface area contributed by atoms with Crippen molar-refractivity contribution >= 4 is 29.6 Å². The van der Waals surface area contributed by atoms with E-state index in [2.05, 4.69) is 21.2 Å². The van der Waals surface area contributed by atoms with Crippen molar-refractivity contribution < 1.29 is 32.3 Å². The summed E-state index contributed by atoms with van der Waals surface area (Å²) < 4.78 is 43.8. The van der Waals surface area contributed by atoms with Crippen molar-refractivity contribution in [3.05, 3.63) is 95.1 Å². The molecule has 3 amide bonds. The van der Waals surface area contributed by atoms with Crippen LogP contribution >= 0.6 is 0 Å². The maximum atomic E-state index is 12.8. The second-order valence-corrected chi connectivity index (χ2v) is 7.86. The monoisotopic (exact) mass is 512 g/mol. The number of nitrogens with one attached hydrogen (secondary N) is 3. The number of benzene rings is 3. The number of anilines is 1. The molecule has 11 heteroatoms. The molecule has 0 bridgehead atoms. The van der Waals surface area contributed by atoms with E-state index in [9.17, 15) is 27.6 Å². The van der Waals surface area contributed by atoms with Gasteiger partial charge >= 0.3 is 18.0 Å². The minimum Gasteiger partial charge on any atom is -0.484 e. The molecule has 3 aromatic carbocycles. The van der Waals surface area contributed by atoms with Gasteiger partial charge in [0.05, 0.1) is 11.8 Å². The Bertz CT molecular complexity index is 1290. The lowest BCUT2D eigenvalue weighted by Crippen LogP contribution is -2.37. The van der Waals surface area contributed by atoms with E-state index in [1.807, 2.05) is 31.2 Å². The number of nitrogens with zero attached hydrogens (tertiary/aromatic N) is 1. The van der Waals surface area contributed by atoms with Crippen LogP contribution < -0.4 is 20.8 Å². The van der Waals surface area contributed by atoms with Crippen LogP contribution in [0.25, 0.3) is 0 Å². The molecule has 0 fully saturated rings. The lowest BCUT2D eigenvalue weighted by Gasteiger charge is -2.10. The van der Waals surface area contributed by atoms with Gasteiger partial charge in [-0.15, -0.1) is 0 Å². The van der Waals surface area contributed by atoms with Crippen molar-refractivity contribution in [2.24, 2.45) is 5.10 Å². The lowest BCUT2D eigenvalue weighted by molar-refractivity contribution is -0.139. The van der Waals surface area contributed by atoms with Gasteiger partial charge in [-0.3, -0.25) is 14.4 Å². The quantitative estimate of drug-likeness (QED) is 0.242. The first kappa shape index (κ1) is 26.9. The molecule has 192 valence electrons. The summed E-state index contributed by atoms with van der Waals surface area (Å²) in [5.74, 6) is -2.16. The number of halogens is 3. The number of ether oxygens (including phenoxy) is 1. The highest BCUT2D eigenvalue weighted by molar-refractivity contribution is 6.35. The number of alkyl halides is 3. The van der Waals surface area contributed by atoms with Gasteiger partial charge in [0.25, 0.3) is 5.91 Å². The van der Waals surface area contributed by atoms with Crippen LogP contribution in [-0.2, 0) is 27.1 Å². The van der Waals surface area contributed by atoms with Gasteiger partial charge in [0.1, 0.15) is 5.75 Å². The summed E-state index contributed by atoms with van der Waals surface area (Å²) in [4.78, 5) is 35.9. The lowest BCUT2D eigenvalue weighted by atomic mass is 10.1. The average Bonchev–Trinajstić information content (AvgIpc) is 2.87. The molecular weight excluding hydrogens is 489 g/mol. The molecule has 0 spiro atoms. The molecule has 37 heavy (non-hydrogen) atoms. The fourth-order valence-electron chi connectivity index (χ4n) is 2.99. The van der Waals surface area contributed by atoms with E-state index >= 15 is 0 Å². The zero-order valence-electron chi connectivity index (χ0n) is 19.6. The predicted molar refractivity (Wildman–Crippen MR) is 131 cm³/mol. The van der Waals surface area contributed by atoms with Gasteiger partial charge in [-0.2, -0.15) is 18.3 Å². The molecule has 0 aliphatic carbocycles. The highest BCUT2D eigenvalue weighted by atomic mass is 19.4. The van der Waals surface area contributed by atoms with Gasteiger partial charge in [-0.25, -0.2) is 5.43 Å². The van der Waals surface area contributed by atoms with Crippen LogP contribution in [0.3, 0.4) is 0 Å². The minimum atomic E-state index is -4.52. The van der Waals surface area contributed by atoms with Crippen LogP contribution in [0.2, 0.25) is 0 Å². The van der Waals surface area contributed by atoms with Gasteiger partial charge in [0.15, 0.2) is 6.61 Å². The molecule has 8 nitrogen and oxygen atoms in total. The van der Waals surface area contributed by atoms with Crippen molar-refractivity contribution in [3.63, 3.8) is 0 Å². The minimum absolute atomic E-state index is 0.0112. The second kappa shape index (κ2) is 12.3. The molecule has 3 rings (SSSR count). The third-order valence-electron chi connectivity index (χ3n) is 4.86. The van der Waals surface area contributed by atoms with Crippen LogP contribution in [-0.4, -0.2) is 30.5 Å². The summed E-state index contributed by atoms with van der Waals surface area (Å²) in [5.41, 5.74) is 3.65. The van der Waals surface area contributed by atoms with E-state index in [1.165, 1.54) is 24.4 Å². The van der Waals surface area contributed by atoms with Gasteiger partial charge in [0, 0.05) is 12.2 Å². The van der Waals surface area contributed by atoms with Crippen molar-refractivity contribution in [2.75, 3.05) is 11.9 Å². The summed E-state index contributed by atoms with van der Waals surface area (Å²) in [6, 6.07) is 18.1. The predicted octanol–water partition coefficient (Wildman–Crippen LogP) is 3.80.